The molecule has 0 bridgehead atoms. The fourth-order valence-corrected chi connectivity index (χ4v) is 5.19. The van der Waals surface area contributed by atoms with Gasteiger partial charge in [-0.15, -0.1) is 11.8 Å². The van der Waals surface area contributed by atoms with Crippen LogP contribution in [0.4, 0.5) is 0 Å². The van der Waals surface area contributed by atoms with E-state index >= 15 is 0 Å². The number of thioether (sulfide) groups is 1. The van der Waals surface area contributed by atoms with Gasteiger partial charge in [-0.05, 0) is 37.8 Å². The van der Waals surface area contributed by atoms with E-state index in [4.69, 9.17) is 20.0 Å². The summed E-state index contributed by atoms with van der Waals surface area (Å²) in [4.78, 5) is 17.7. The quantitative estimate of drug-likeness (QED) is 0.862. The number of allylic oxidation sites excluding steroid dienone is 1. The first-order valence-corrected chi connectivity index (χ1v) is 9.72. The van der Waals surface area contributed by atoms with Crippen molar-refractivity contribution in [1.82, 2.24) is 5.16 Å². The Labute approximate surface area is 161 Å². The van der Waals surface area contributed by atoms with Crippen LogP contribution in [0.3, 0.4) is 0 Å². The van der Waals surface area contributed by atoms with Crippen LogP contribution in [0.5, 0.6) is 5.75 Å². The number of hydrogen-bond acceptors (Lipinski definition) is 6. The molecule has 0 aliphatic carbocycles. The molecule has 0 saturated carbocycles. The number of rotatable bonds is 3. The molecule has 7 heteroatoms. The standard InChI is InChI=1S/C20H21N3O3S/c1-10-12(3)27-19-16(10)20(25-13-7-5-4-6-8-13)22-14(9-15(21)24)18-17(19)11(2)23-26-18/h4-8,14,16,19H,9H2,1-3H3,(H2,21,24)/t14-,16?,19?/m0/s1. The molecule has 2 aliphatic heterocycles. The Morgan fingerprint density at radius 2 is 2.00 bits per heavy atom. The Kier molecular flexibility index (Phi) is 4.55. The zero-order valence-corrected chi connectivity index (χ0v) is 16.2. The summed E-state index contributed by atoms with van der Waals surface area (Å²) in [5.41, 5.74) is 8.51. The van der Waals surface area contributed by atoms with Crippen LogP contribution in [0.15, 0.2) is 50.3 Å². The number of nitrogens with two attached hydrogens (primary N) is 1. The van der Waals surface area contributed by atoms with E-state index in [1.54, 1.807) is 11.8 Å². The Hall–Kier alpha value is -2.54. The number of carbonyl (C=O) groups is 1. The van der Waals surface area contributed by atoms with Gasteiger partial charge in [0.2, 0.25) is 5.91 Å². The van der Waals surface area contributed by atoms with Gasteiger partial charge in [-0.1, -0.05) is 28.9 Å². The van der Waals surface area contributed by atoms with Crippen LogP contribution in [-0.4, -0.2) is 17.0 Å². The fraction of sp³-hybridized carbons (Fsp3) is 0.350. The van der Waals surface area contributed by atoms with Crippen molar-refractivity contribution in [3.05, 3.63) is 57.8 Å². The van der Waals surface area contributed by atoms with Crippen molar-refractivity contribution in [2.75, 3.05) is 0 Å². The minimum absolute atomic E-state index is 0.0371. The minimum Gasteiger partial charge on any atom is -0.443 e. The highest BCUT2D eigenvalue weighted by molar-refractivity contribution is 8.03. The summed E-state index contributed by atoms with van der Waals surface area (Å²) in [6.45, 7) is 6.14. The van der Waals surface area contributed by atoms with E-state index in [9.17, 15) is 4.79 Å². The van der Waals surface area contributed by atoms with Gasteiger partial charge in [0.15, 0.2) is 11.7 Å². The third-order valence-electron chi connectivity index (χ3n) is 5.06. The zero-order valence-electron chi connectivity index (χ0n) is 15.4. The maximum atomic E-state index is 11.7. The molecule has 2 N–H and O–H groups in total. The van der Waals surface area contributed by atoms with E-state index in [0.29, 0.717) is 17.4 Å². The summed E-state index contributed by atoms with van der Waals surface area (Å²) in [6.07, 6.45) is 0.0507. The maximum Gasteiger partial charge on any atom is 0.220 e. The van der Waals surface area contributed by atoms with Gasteiger partial charge in [0, 0.05) is 5.56 Å². The van der Waals surface area contributed by atoms with Crippen LogP contribution in [-0.2, 0) is 4.79 Å². The van der Waals surface area contributed by atoms with Gasteiger partial charge >= 0.3 is 0 Å². The second-order valence-corrected chi connectivity index (χ2v) is 8.23. The molecule has 2 unspecified atom stereocenters. The molecule has 2 aromatic rings. The number of para-hydroxylation sites is 1. The van der Waals surface area contributed by atoms with Crippen LogP contribution in [0.25, 0.3) is 0 Å². The first kappa shape index (κ1) is 17.9. The Balaban J connectivity index is 1.85. The summed E-state index contributed by atoms with van der Waals surface area (Å²) in [5, 5.41) is 4.21. The van der Waals surface area contributed by atoms with Crippen molar-refractivity contribution >= 4 is 23.6 Å². The number of primary amides is 1. The number of hydrogen-bond donors (Lipinski definition) is 1. The highest BCUT2D eigenvalue weighted by atomic mass is 32.2. The van der Waals surface area contributed by atoms with E-state index in [-0.39, 0.29) is 17.6 Å². The van der Waals surface area contributed by atoms with Gasteiger partial charge in [0.1, 0.15) is 11.8 Å². The van der Waals surface area contributed by atoms with Crippen molar-refractivity contribution in [2.24, 2.45) is 16.6 Å². The van der Waals surface area contributed by atoms with Crippen LogP contribution < -0.4 is 10.5 Å². The predicted molar refractivity (Wildman–Crippen MR) is 104 cm³/mol. The van der Waals surface area contributed by atoms with E-state index in [1.165, 1.54) is 10.5 Å². The molecular weight excluding hydrogens is 362 g/mol. The van der Waals surface area contributed by atoms with Gasteiger partial charge in [0.25, 0.3) is 0 Å². The van der Waals surface area contributed by atoms with Crippen molar-refractivity contribution in [2.45, 2.75) is 38.5 Å². The minimum atomic E-state index is -0.531. The van der Waals surface area contributed by atoms with Gasteiger partial charge in [-0.3, -0.25) is 4.79 Å². The molecule has 140 valence electrons. The lowest BCUT2D eigenvalue weighted by Gasteiger charge is -2.21. The summed E-state index contributed by atoms with van der Waals surface area (Å²) in [5.74, 6) is 1.44. The number of carbonyl (C=O) groups excluding carboxylic acids is 1. The zero-order chi connectivity index (χ0) is 19.1. The van der Waals surface area contributed by atoms with Gasteiger partial charge in [-0.2, -0.15) is 0 Å². The molecular formula is C20H21N3O3S. The molecule has 6 nitrogen and oxygen atoms in total. The number of fused-ring (bicyclic) bond motifs is 3. The number of aliphatic imine (C=N–C) groups is 1. The van der Waals surface area contributed by atoms with Crippen LogP contribution in [0.1, 0.15) is 48.6 Å². The van der Waals surface area contributed by atoms with Crippen molar-refractivity contribution in [3.8, 4) is 5.75 Å². The molecule has 0 radical (unpaired) electrons. The highest BCUT2D eigenvalue weighted by Crippen LogP contribution is 2.55. The highest BCUT2D eigenvalue weighted by Gasteiger charge is 2.45. The van der Waals surface area contributed by atoms with E-state index < -0.39 is 11.9 Å². The predicted octanol–water partition coefficient (Wildman–Crippen LogP) is 4.09. The second-order valence-electron chi connectivity index (χ2n) is 6.87. The molecule has 1 aromatic heterocycles. The van der Waals surface area contributed by atoms with Crippen molar-refractivity contribution < 1.29 is 14.1 Å². The summed E-state index contributed by atoms with van der Waals surface area (Å²) in [7, 11) is 0. The van der Waals surface area contributed by atoms with Gasteiger partial charge < -0.3 is 15.0 Å². The van der Waals surface area contributed by atoms with E-state index in [0.717, 1.165) is 11.3 Å². The van der Waals surface area contributed by atoms with E-state index in [1.807, 2.05) is 37.3 Å². The number of aryl methyl sites for hydroxylation is 1. The molecule has 1 amide bonds. The Morgan fingerprint density at radius 3 is 2.70 bits per heavy atom. The molecule has 4 rings (SSSR count). The lowest BCUT2D eigenvalue weighted by molar-refractivity contribution is -0.118. The summed E-state index contributed by atoms with van der Waals surface area (Å²) >= 11 is 1.77. The van der Waals surface area contributed by atoms with Crippen LogP contribution in [0.2, 0.25) is 0 Å². The molecule has 2 aliphatic rings. The van der Waals surface area contributed by atoms with Gasteiger partial charge in [-0.25, -0.2) is 4.99 Å². The largest absolute Gasteiger partial charge is 0.443 e. The third kappa shape index (κ3) is 3.16. The summed E-state index contributed by atoms with van der Waals surface area (Å²) < 4.78 is 11.8. The topological polar surface area (TPSA) is 90.7 Å². The SMILES string of the molecule is CC1=C(C)C2C(Oc3ccccc3)=N[C@@H](CC(N)=O)c3onc(C)c3C2S1. The third-order valence-corrected chi connectivity index (χ3v) is 6.50. The number of ether oxygens (including phenoxy) is 1. The molecule has 0 saturated heterocycles. The normalized spacial score (nSPS) is 24.1. The lowest BCUT2D eigenvalue weighted by atomic mass is 9.91. The maximum absolute atomic E-state index is 11.7. The number of benzene rings is 1. The number of amides is 1. The molecule has 3 heterocycles. The second kappa shape index (κ2) is 6.88. The molecule has 3 atom stereocenters. The average molecular weight is 383 g/mol. The molecule has 27 heavy (non-hydrogen) atoms. The number of nitrogens with zero attached hydrogens (tertiary/aromatic N) is 2. The van der Waals surface area contributed by atoms with Crippen molar-refractivity contribution in [1.29, 1.82) is 0 Å². The monoisotopic (exact) mass is 383 g/mol. The molecule has 1 aromatic carbocycles. The first-order chi connectivity index (χ1) is 13.0. The Morgan fingerprint density at radius 1 is 1.26 bits per heavy atom. The van der Waals surface area contributed by atoms with Crippen LogP contribution in [0, 0.1) is 12.8 Å². The van der Waals surface area contributed by atoms with Crippen molar-refractivity contribution in [3.63, 3.8) is 0 Å². The molecule has 0 spiro atoms. The summed E-state index contributed by atoms with van der Waals surface area (Å²) in [6, 6.07) is 9.02. The van der Waals surface area contributed by atoms with Crippen LogP contribution >= 0.6 is 11.8 Å². The first-order valence-electron chi connectivity index (χ1n) is 8.84. The van der Waals surface area contributed by atoms with Gasteiger partial charge in [0.05, 0.1) is 23.3 Å². The Bertz CT molecular complexity index is 949. The fourth-order valence-electron chi connectivity index (χ4n) is 3.64. The van der Waals surface area contributed by atoms with E-state index in [2.05, 4.69) is 19.0 Å². The molecule has 0 fully saturated rings. The lowest BCUT2D eigenvalue weighted by Crippen LogP contribution is -2.24. The smallest absolute Gasteiger partial charge is 0.220 e. The number of aromatic nitrogens is 1. The average Bonchev–Trinajstić information content (AvgIpc) is 3.10.